The molecular weight excluding hydrogens is 384 g/mol. The third-order valence-electron chi connectivity index (χ3n) is 5.76. The maximum atomic E-state index is 12.8. The molecule has 0 amide bonds. The normalized spacial score (nSPS) is 16.5. The van der Waals surface area contributed by atoms with E-state index in [4.69, 9.17) is 9.47 Å². The number of nitrogens with one attached hydrogen (secondary N) is 1. The van der Waals surface area contributed by atoms with E-state index < -0.39 is 0 Å². The molecule has 0 aliphatic carbocycles. The summed E-state index contributed by atoms with van der Waals surface area (Å²) in [5, 5.41) is 10.3. The number of unbranched alkanes of at least 4 members (excludes halogenated alkanes) is 1. The Balaban J connectivity index is 1.40. The van der Waals surface area contributed by atoms with Gasteiger partial charge in [-0.25, -0.2) is 9.47 Å². The highest BCUT2D eigenvalue weighted by atomic mass is 16.5. The lowest BCUT2D eigenvalue weighted by molar-refractivity contribution is 0.223. The Labute approximate surface area is 176 Å². The Bertz CT molecular complexity index is 957. The molecule has 8 nitrogen and oxygen atoms in total. The van der Waals surface area contributed by atoms with Gasteiger partial charge in [-0.2, -0.15) is 0 Å². The number of hydrogen-bond acceptors (Lipinski definition) is 6. The van der Waals surface area contributed by atoms with Gasteiger partial charge in [0.15, 0.2) is 0 Å². The number of methoxy groups -OCH3 is 1. The molecule has 2 aliphatic rings. The maximum Gasteiger partial charge on any atom is 0.349 e. The number of benzene rings is 1. The Kier molecular flexibility index (Phi) is 6.32. The summed E-state index contributed by atoms with van der Waals surface area (Å²) in [7, 11) is 1.61. The molecular formula is C22H30N4O4. The second-order valence-corrected chi connectivity index (χ2v) is 7.80. The van der Waals surface area contributed by atoms with Crippen LogP contribution in [0, 0.1) is 0 Å². The van der Waals surface area contributed by atoms with Crippen molar-refractivity contribution in [3.05, 3.63) is 46.5 Å². The molecule has 3 heterocycles. The molecule has 0 unspecified atom stereocenters. The maximum absolute atomic E-state index is 12.8. The van der Waals surface area contributed by atoms with Crippen molar-refractivity contribution in [3.63, 3.8) is 0 Å². The van der Waals surface area contributed by atoms with Crippen LogP contribution in [0.4, 0.5) is 0 Å². The van der Waals surface area contributed by atoms with Crippen molar-refractivity contribution >= 4 is 5.70 Å². The first-order valence-electron chi connectivity index (χ1n) is 10.7. The van der Waals surface area contributed by atoms with Gasteiger partial charge in [0.05, 0.1) is 19.0 Å². The number of piperidine rings is 1. The first kappa shape index (κ1) is 20.4. The van der Waals surface area contributed by atoms with Gasteiger partial charge in [-0.1, -0.05) is 6.42 Å². The molecule has 2 aliphatic heterocycles. The predicted molar refractivity (Wildman–Crippen MR) is 116 cm³/mol. The summed E-state index contributed by atoms with van der Waals surface area (Å²) in [6.45, 7) is 4.31. The van der Waals surface area contributed by atoms with Crippen LogP contribution in [0.15, 0.2) is 35.3 Å². The fourth-order valence-corrected chi connectivity index (χ4v) is 4.08. The largest absolute Gasteiger partial charge is 0.497 e. The number of aromatic hydroxyl groups is 1. The summed E-state index contributed by atoms with van der Waals surface area (Å²) in [6, 6.07) is 5.53. The van der Waals surface area contributed by atoms with Crippen molar-refractivity contribution in [2.45, 2.75) is 38.6 Å². The number of imidazole rings is 1. The smallest absolute Gasteiger partial charge is 0.349 e. The van der Waals surface area contributed by atoms with Gasteiger partial charge in [-0.15, -0.1) is 0 Å². The predicted octanol–water partition coefficient (Wildman–Crippen LogP) is 2.61. The minimum absolute atomic E-state index is 0.0380. The number of ether oxygens (including phenoxy) is 2. The van der Waals surface area contributed by atoms with Gasteiger partial charge in [0.2, 0.25) is 5.88 Å². The van der Waals surface area contributed by atoms with Crippen molar-refractivity contribution in [3.8, 4) is 17.4 Å². The summed E-state index contributed by atoms with van der Waals surface area (Å²) >= 11 is 0. The number of nitrogens with zero attached hydrogens (tertiary/aromatic N) is 3. The summed E-state index contributed by atoms with van der Waals surface area (Å²) in [5.74, 6) is 1.38. The van der Waals surface area contributed by atoms with Crippen LogP contribution in [0.1, 0.15) is 37.7 Å². The van der Waals surface area contributed by atoms with Crippen LogP contribution in [-0.2, 0) is 6.54 Å². The van der Waals surface area contributed by atoms with Gasteiger partial charge in [-0.05, 0) is 69.6 Å². The summed E-state index contributed by atoms with van der Waals surface area (Å²) < 4.78 is 13.7. The molecule has 0 spiro atoms. The van der Waals surface area contributed by atoms with E-state index in [0.29, 0.717) is 18.9 Å². The fraction of sp³-hybridized carbons (Fsp3) is 0.500. The lowest BCUT2D eigenvalue weighted by Crippen LogP contribution is -2.32. The van der Waals surface area contributed by atoms with Gasteiger partial charge in [0, 0.05) is 12.1 Å². The van der Waals surface area contributed by atoms with Crippen LogP contribution in [0.5, 0.6) is 17.4 Å². The molecule has 0 radical (unpaired) electrons. The zero-order valence-electron chi connectivity index (χ0n) is 17.5. The molecule has 1 saturated heterocycles. The van der Waals surface area contributed by atoms with E-state index in [9.17, 15) is 9.90 Å². The molecule has 0 atom stereocenters. The molecule has 1 aromatic carbocycles. The fourth-order valence-electron chi connectivity index (χ4n) is 4.08. The zero-order chi connectivity index (χ0) is 20.9. The molecule has 162 valence electrons. The first-order valence-corrected chi connectivity index (χ1v) is 10.7. The second-order valence-electron chi connectivity index (χ2n) is 7.80. The van der Waals surface area contributed by atoms with Crippen LogP contribution in [-0.4, -0.2) is 52.6 Å². The van der Waals surface area contributed by atoms with Crippen molar-refractivity contribution in [2.75, 3.05) is 38.8 Å². The molecule has 1 fully saturated rings. The van der Waals surface area contributed by atoms with Crippen molar-refractivity contribution in [1.82, 2.24) is 14.1 Å². The molecule has 4 rings (SSSR count). The Morgan fingerprint density at radius 1 is 1.17 bits per heavy atom. The van der Waals surface area contributed by atoms with Gasteiger partial charge in [0.1, 0.15) is 18.1 Å². The summed E-state index contributed by atoms with van der Waals surface area (Å²) in [6.07, 6.45) is 9.05. The van der Waals surface area contributed by atoms with Crippen molar-refractivity contribution in [1.29, 1.82) is 0 Å². The highest BCUT2D eigenvalue weighted by molar-refractivity contribution is 5.76. The standard InChI is InChI=1S/C22H30N4O4/c1-29-17-7-8-20-18(15-17)19(9-14-30-20)23-26-16-21(27)25(22(26)28)13-6-5-12-24-10-3-2-4-11-24/h7-9,15-16,23,27H,2-6,10-14H2,1H3. The van der Waals surface area contributed by atoms with Gasteiger partial charge in [-0.3, -0.25) is 9.99 Å². The van der Waals surface area contributed by atoms with Crippen LogP contribution in [0.25, 0.3) is 5.70 Å². The summed E-state index contributed by atoms with van der Waals surface area (Å²) in [4.78, 5) is 15.3. The van der Waals surface area contributed by atoms with E-state index in [-0.39, 0.29) is 11.6 Å². The van der Waals surface area contributed by atoms with Crippen LogP contribution < -0.4 is 20.6 Å². The Morgan fingerprint density at radius 3 is 2.77 bits per heavy atom. The van der Waals surface area contributed by atoms with E-state index in [2.05, 4.69) is 10.3 Å². The molecule has 0 bridgehead atoms. The minimum atomic E-state index is -0.290. The Hall–Kier alpha value is -2.87. The summed E-state index contributed by atoms with van der Waals surface area (Å²) in [5.41, 5.74) is 4.35. The lowest BCUT2D eigenvalue weighted by atomic mass is 10.1. The van der Waals surface area contributed by atoms with Gasteiger partial charge < -0.3 is 19.5 Å². The average molecular weight is 415 g/mol. The quantitative estimate of drug-likeness (QED) is 0.647. The molecule has 30 heavy (non-hydrogen) atoms. The molecule has 2 aromatic rings. The topological polar surface area (TPSA) is 80.9 Å². The SMILES string of the molecule is COc1ccc2c(c1)C(Nn1cc(O)n(CCCCN3CCCCC3)c1=O)=CCO2. The van der Waals surface area contributed by atoms with Crippen LogP contribution in [0.3, 0.4) is 0 Å². The van der Waals surface area contributed by atoms with Gasteiger partial charge in [0.25, 0.3) is 0 Å². The number of aromatic nitrogens is 2. The Morgan fingerprint density at radius 2 is 1.97 bits per heavy atom. The molecule has 8 heteroatoms. The zero-order valence-corrected chi connectivity index (χ0v) is 17.5. The molecule has 2 N–H and O–H groups in total. The minimum Gasteiger partial charge on any atom is -0.497 e. The third kappa shape index (κ3) is 4.48. The average Bonchev–Trinajstić information content (AvgIpc) is 3.04. The number of fused-ring (bicyclic) bond motifs is 1. The van der Waals surface area contributed by atoms with Crippen LogP contribution >= 0.6 is 0 Å². The second kappa shape index (κ2) is 9.30. The highest BCUT2D eigenvalue weighted by Crippen LogP contribution is 2.32. The monoisotopic (exact) mass is 414 g/mol. The molecule has 1 aromatic heterocycles. The number of likely N-dealkylation sites (tertiary alicyclic amines) is 1. The van der Waals surface area contributed by atoms with E-state index in [1.54, 1.807) is 7.11 Å². The van der Waals surface area contributed by atoms with E-state index in [1.807, 2.05) is 24.3 Å². The molecule has 0 saturated carbocycles. The highest BCUT2D eigenvalue weighted by Gasteiger charge is 2.18. The lowest BCUT2D eigenvalue weighted by Gasteiger charge is -2.26. The number of rotatable bonds is 8. The van der Waals surface area contributed by atoms with E-state index >= 15 is 0 Å². The first-order chi connectivity index (χ1) is 14.7. The number of hydrogen-bond donors (Lipinski definition) is 2. The van der Waals surface area contributed by atoms with E-state index in [1.165, 1.54) is 47.8 Å². The van der Waals surface area contributed by atoms with Gasteiger partial charge >= 0.3 is 5.69 Å². The van der Waals surface area contributed by atoms with E-state index in [0.717, 1.165) is 36.4 Å². The van der Waals surface area contributed by atoms with Crippen molar-refractivity contribution < 1.29 is 14.6 Å². The van der Waals surface area contributed by atoms with Crippen LogP contribution in [0.2, 0.25) is 0 Å². The van der Waals surface area contributed by atoms with Crippen molar-refractivity contribution in [2.24, 2.45) is 0 Å². The third-order valence-corrected chi connectivity index (χ3v) is 5.76.